The molecule has 0 aliphatic carbocycles. The normalized spacial score (nSPS) is 14.1. The van der Waals surface area contributed by atoms with Gasteiger partial charge in [0.25, 0.3) is 10.0 Å². The molecular formula is C11H21N3O3S. The number of aliphatic hydroxyl groups excluding tert-OH is 1. The van der Waals surface area contributed by atoms with E-state index in [4.69, 9.17) is 5.11 Å². The van der Waals surface area contributed by atoms with E-state index in [0.717, 1.165) is 0 Å². The lowest BCUT2D eigenvalue weighted by molar-refractivity contribution is 0.263. The molecule has 0 spiro atoms. The van der Waals surface area contributed by atoms with Crippen LogP contribution in [0.1, 0.15) is 38.9 Å². The van der Waals surface area contributed by atoms with Crippen molar-refractivity contribution in [1.82, 2.24) is 14.7 Å². The number of H-pyrrole nitrogens is 1. The average Bonchev–Trinajstić information content (AvgIpc) is 2.77. The first-order valence-electron chi connectivity index (χ1n) is 6.02. The van der Waals surface area contributed by atoms with Crippen LogP contribution in [-0.2, 0) is 10.0 Å². The highest BCUT2D eigenvalue weighted by atomic mass is 32.2. The summed E-state index contributed by atoms with van der Waals surface area (Å²) in [5.41, 5.74) is 0. The molecule has 3 N–H and O–H groups in total. The van der Waals surface area contributed by atoms with Gasteiger partial charge in [-0.3, -0.25) is 0 Å². The fourth-order valence-electron chi connectivity index (χ4n) is 1.40. The minimum Gasteiger partial charge on any atom is -0.396 e. The van der Waals surface area contributed by atoms with E-state index in [1.54, 1.807) is 0 Å². The number of hydrogen-bond donors (Lipinski definition) is 3. The standard InChI is InChI=1S/C11H21N3O3S/c1-8(2)11-12-7-10(14-11)18(16,17)13-6-9(3)4-5-15/h7-9,13,15H,4-6H2,1-3H3,(H,12,14). The largest absolute Gasteiger partial charge is 0.396 e. The maximum absolute atomic E-state index is 11.9. The smallest absolute Gasteiger partial charge is 0.257 e. The van der Waals surface area contributed by atoms with Crippen LogP contribution in [0.25, 0.3) is 0 Å². The Morgan fingerprint density at radius 1 is 1.44 bits per heavy atom. The van der Waals surface area contributed by atoms with Crippen molar-refractivity contribution in [1.29, 1.82) is 0 Å². The van der Waals surface area contributed by atoms with E-state index >= 15 is 0 Å². The molecule has 1 rings (SSSR count). The molecule has 0 aromatic carbocycles. The summed E-state index contributed by atoms with van der Waals surface area (Å²) >= 11 is 0. The number of rotatable bonds is 7. The fourth-order valence-corrected chi connectivity index (χ4v) is 2.49. The van der Waals surface area contributed by atoms with Crippen molar-refractivity contribution < 1.29 is 13.5 Å². The first-order valence-corrected chi connectivity index (χ1v) is 7.50. The molecule has 18 heavy (non-hydrogen) atoms. The minimum absolute atomic E-state index is 0.0600. The summed E-state index contributed by atoms with van der Waals surface area (Å²) in [6, 6.07) is 0. The molecule has 1 unspecified atom stereocenters. The lowest BCUT2D eigenvalue weighted by atomic mass is 10.1. The molecule has 0 saturated heterocycles. The van der Waals surface area contributed by atoms with Crippen LogP contribution in [0.2, 0.25) is 0 Å². The zero-order valence-electron chi connectivity index (χ0n) is 11.0. The number of aromatic amines is 1. The Hall–Kier alpha value is -0.920. The molecule has 1 aromatic heterocycles. The Kier molecular flexibility index (Phi) is 5.30. The Labute approximate surface area is 108 Å². The SMILES string of the molecule is CC(CCO)CNS(=O)(=O)c1cnc(C(C)C)[nH]1. The first-order chi connectivity index (χ1) is 8.36. The maximum atomic E-state index is 11.9. The average molecular weight is 275 g/mol. The van der Waals surface area contributed by atoms with Crippen LogP contribution in [-0.4, -0.2) is 36.6 Å². The summed E-state index contributed by atoms with van der Waals surface area (Å²) in [5.74, 6) is 0.901. The second-order valence-electron chi connectivity index (χ2n) is 4.76. The zero-order valence-corrected chi connectivity index (χ0v) is 11.8. The molecule has 0 saturated carbocycles. The Balaban J connectivity index is 2.68. The van der Waals surface area contributed by atoms with Gasteiger partial charge in [0.1, 0.15) is 5.82 Å². The molecule has 0 fully saturated rings. The van der Waals surface area contributed by atoms with Gasteiger partial charge in [-0.15, -0.1) is 0 Å². The van der Waals surface area contributed by atoms with E-state index in [2.05, 4.69) is 14.7 Å². The Morgan fingerprint density at radius 2 is 2.11 bits per heavy atom. The van der Waals surface area contributed by atoms with Crippen LogP contribution in [0, 0.1) is 5.92 Å². The second kappa shape index (κ2) is 6.31. The van der Waals surface area contributed by atoms with Crippen molar-refractivity contribution in [2.75, 3.05) is 13.2 Å². The van der Waals surface area contributed by atoms with Crippen molar-refractivity contribution in [3.05, 3.63) is 12.0 Å². The van der Waals surface area contributed by atoms with Crippen LogP contribution in [0.3, 0.4) is 0 Å². The zero-order chi connectivity index (χ0) is 13.8. The molecule has 1 atom stereocenters. The second-order valence-corrected chi connectivity index (χ2v) is 6.49. The predicted molar refractivity (Wildman–Crippen MR) is 68.7 cm³/mol. The quantitative estimate of drug-likeness (QED) is 0.687. The van der Waals surface area contributed by atoms with Gasteiger partial charge in [0.05, 0.1) is 6.20 Å². The van der Waals surface area contributed by atoms with Crippen molar-refractivity contribution in [2.45, 2.75) is 38.1 Å². The van der Waals surface area contributed by atoms with E-state index in [0.29, 0.717) is 18.8 Å². The van der Waals surface area contributed by atoms with Gasteiger partial charge >= 0.3 is 0 Å². The van der Waals surface area contributed by atoms with E-state index < -0.39 is 10.0 Å². The number of aliphatic hydroxyl groups is 1. The molecule has 1 aromatic rings. The summed E-state index contributed by atoms with van der Waals surface area (Å²) in [6.45, 7) is 6.12. The van der Waals surface area contributed by atoms with Gasteiger partial charge in [0, 0.05) is 19.1 Å². The predicted octanol–water partition coefficient (Wildman–Crippen LogP) is 0.830. The highest BCUT2D eigenvalue weighted by molar-refractivity contribution is 7.89. The van der Waals surface area contributed by atoms with Crippen molar-refractivity contribution in [3.8, 4) is 0 Å². The fraction of sp³-hybridized carbons (Fsp3) is 0.727. The van der Waals surface area contributed by atoms with Gasteiger partial charge in [-0.1, -0.05) is 20.8 Å². The molecule has 0 amide bonds. The summed E-state index contributed by atoms with van der Waals surface area (Å²) in [6.07, 6.45) is 1.90. The van der Waals surface area contributed by atoms with E-state index in [1.807, 2.05) is 20.8 Å². The number of sulfonamides is 1. The topological polar surface area (TPSA) is 95.1 Å². The third-order valence-corrected chi connectivity index (χ3v) is 3.99. The number of nitrogens with zero attached hydrogens (tertiary/aromatic N) is 1. The maximum Gasteiger partial charge on any atom is 0.257 e. The summed E-state index contributed by atoms with van der Waals surface area (Å²) in [4.78, 5) is 6.83. The minimum atomic E-state index is -3.54. The lowest BCUT2D eigenvalue weighted by Gasteiger charge is -2.10. The van der Waals surface area contributed by atoms with E-state index in [9.17, 15) is 8.42 Å². The highest BCUT2D eigenvalue weighted by Crippen LogP contribution is 2.13. The van der Waals surface area contributed by atoms with Crippen LogP contribution in [0.4, 0.5) is 0 Å². The van der Waals surface area contributed by atoms with Gasteiger partial charge in [0.15, 0.2) is 5.03 Å². The van der Waals surface area contributed by atoms with Crippen LogP contribution in [0.15, 0.2) is 11.2 Å². The van der Waals surface area contributed by atoms with Gasteiger partial charge in [-0.2, -0.15) is 0 Å². The van der Waals surface area contributed by atoms with E-state index in [-0.39, 0.29) is 23.5 Å². The number of nitrogens with one attached hydrogen (secondary N) is 2. The molecule has 0 aliphatic heterocycles. The molecular weight excluding hydrogens is 254 g/mol. The van der Waals surface area contributed by atoms with Gasteiger partial charge in [-0.25, -0.2) is 18.1 Å². The Morgan fingerprint density at radius 3 is 2.61 bits per heavy atom. The lowest BCUT2D eigenvalue weighted by Crippen LogP contribution is -2.29. The third kappa shape index (κ3) is 4.08. The molecule has 0 bridgehead atoms. The molecule has 0 aliphatic rings. The summed E-state index contributed by atoms with van der Waals surface area (Å²) in [5, 5.41) is 8.84. The Bertz CT molecular complexity index is 468. The first kappa shape index (κ1) is 15.1. The van der Waals surface area contributed by atoms with E-state index in [1.165, 1.54) is 6.20 Å². The number of imidazole rings is 1. The van der Waals surface area contributed by atoms with Crippen LogP contribution in [0.5, 0.6) is 0 Å². The monoisotopic (exact) mass is 275 g/mol. The van der Waals surface area contributed by atoms with Crippen LogP contribution < -0.4 is 4.72 Å². The van der Waals surface area contributed by atoms with Crippen molar-refractivity contribution in [3.63, 3.8) is 0 Å². The van der Waals surface area contributed by atoms with Gasteiger partial charge in [0.2, 0.25) is 0 Å². The van der Waals surface area contributed by atoms with Crippen LogP contribution >= 0.6 is 0 Å². The molecule has 7 heteroatoms. The highest BCUT2D eigenvalue weighted by Gasteiger charge is 2.18. The number of hydrogen-bond acceptors (Lipinski definition) is 4. The molecule has 1 heterocycles. The molecule has 6 nitrogen and oxygen atoms in total. The van der Waals surface area contributed by atoms with Crippen molar-refractivity contribution in [2.24, 2.45) is 5.92 Å². The number of aromatic nitrogens is 2. The molecule has 104 valence electrons. The van der Waals surface area contributed by atoms with Gasteiger partial charge in [-0.05, 0) is 12.3 Å². The van der Waals surface area contributed by atoms with Crippen molar-refractivity contribution >= 4 is 10.0 Å². The summed E-state index contributed by atoms with van der Waals surface area (Å²) < 4.78 is 26.4. The third-order valence-electron chi connectivity index (χ3n) is 2.65. The summed E-state index contributed by atoms with van der Waals surface area (Å²) in [7, 11) is -3.54. The molecule has 0 radical (unpaired) electrons. The van der Waals surface area contributed by atoms with Gasteiger partial charge < -0.3 is 10.1 Å².